The average molecular weight is 439 g/mol. The van der Waals surface area contributed by atoms with Crippen molar-refractivity contribution in [1.29, 1.82) is 0 Å². The quantitative estimate of drug-likeness (QED) is 0.398. The number of anilines is 2. The Morgan fingerprint density at radius 3 is 2.00 bits per heavy atom. The van der Waals surface area contributed by atoms with Gasteiger partial charge >= 0.3 is 6.16 Å². The summed E-state index contributed by atoms with van der Waals surface area (Å²) in [4.78, 5) is 36.5. The number of hydrogen-bond acceptors (Lipinski definition) is 5. The number of halogens is 1. The molecule has 3 aromatic carbocycles. The molecule has 0 aromatic heterocycles. The molecule has 158 valence electrons. The highest BCUT2D eigenvalue weighted by atomic mass is 35.5. The lowest BCUT2D eigenvalue weighted by Crippen LogP contribution is -2.17. The second kappa shape index (κ2) is 10.3. The zero-order valence-corrected chi connectivity index (χ0v) is 17.3. The summed E-state index contributed by atoms with van der Waals surface area (Å²) in [6, 6.07) is 19.5. The summed E-state index contributed by atoms with van der Waals surface area (Å²) in [5, 5.41) is 5.84. The van der Waals surface area contributed by atoms with Gasteiger partial charge in [-0.3, -0.25) is 9.59 Å². The molecule has 7 nitrogen and oxygen atoms in total. The van der Waals surface area contributed by atoms with E-state index in [1.54, 1.807) is 55.5 Å². The fourth-order valence-electron chi connectivity index (χ4n) is 2.65. The van der Waals surface area contributed by atoms with E-state index in [2.05, 4.69) is 10.6 Å². The number of para-hydroxylation sites is 2. The molecule has 0 bridgehead atoms. The van der Waals surface area contributed by atoms with E-state index in [-0.39, 0.29) is 12.4 Å². The Morgan fingerprint density at radius 1 is 0.806 bits per heavy atom. The van der Waals surface area contributed by atoms with Crippen LogP contribution in [0.2, 0.25) is 5.02 Å². The molecule has 8 heteroatoms. The number of ether oxygens (including phenoxy) is 2. The van der Waals surface area contributed by atoms with Crippen LogP contribution >= 0.6 is 11.6 Å². The van der Waals surface area contributed by atoms with Crippen LogP contribution < -0.4 is 15.4 Å². The van der Waals surface area contributed by atoms with Gasteiger partial charge in [0, 0.05) is 5.56 Å². The van der Waals surface area contributed by atoms with Gasteiger partial charge in [0.25, 0.3) is 11.8 Å². The van der Waals surface area contributed by atoms with E-state index < -0.39 is 18.0 Å². The van der Waals surface area contributed by atoms with Crippen LogP contribution in [0.1, 0.15) is 27.6 Å². The third kappa shape index (κ3) is 5.83. The highest BCUT2D eigenvalue weighted by Gasteiger charge is 2.14. The fraction of sp³-hybridized carbons (Fsp3) is 0.0870. The Balaban J connectivity index is 1.70. The summed E-state index contributed by atoms with van der Waals surface area (Å²) < 4.78 is 9.67. The fourth-order valence-corrected chi connectivity index (χ4v) is 2.87. The standard InChI is InChI=1S/C23H19ClN2O5/c1-2-30-23(29)31-16-13-11-15(12-14-16)21(27)25-19-9-5-6-10-20(19)26-22(28)17-7-3-4-8-18(17)24/h3-14H,2H2,1H3,(H,25,27)(H,26,28). The third-order valence-electron chi connectivity index (χ3n) is 4.12. The molecule has 0 aliphatic heterocycles. The first-order chi connectivity index (χ1) is 15.0. The molecule has 0 aliphatic rings. The van der Waals surface area contributed by atoms with Crippen molar-refractivity contribution in [3.63, 3.8) is 0 Å². The molecule has 31 heavy (non-hydrogen) atoms. The van der Waals surface area contributed by atoms with Crippen molar-refractivity contribution < 1.29 is 23.9 Å². The van der Waals surface area contributed by atoms with Crippen LogP contribution in [0, 0.1) is 0 Å². The zero-order chi connectivity index (χ0) is 22.2. The Hall–Kier alpha value is -3.84. The predicted molar refractivity (Wildman–Crippen MR) is 118 cm³/mol. The molecule has 3 rings (SSSR count). The van der Waals surface area contributed by atoms with Gasteiger partial charge in [-0.25, -0.2) is 4.79 Å². The number of carbonyl (C=O) groups excluding carboxylic acids is 3. The third-order valence-corrected chi connectivity index (χ3v) is 4.45. The summed E-state index contributed by atoms with van der Waals surface area (Å²) in [5.74, 6) is -0.544. The molecular weight excluding hydrogens is 420 g/mol. The Bertz CT molecular complexity index is 1100. The molecule has 0 saturated carbocycles. The number of nitrogens with one attached hydrogen (secondary N) is 2. The van der Waals surface area contributed by atoms with Gasteiger partial charge in [0.15, 0.2) is 0 Å². The van der Waals surface area contributed by atoms with Crippen LogP contribution in [0.15, 0.2) is 72.8 Å². The molecule has 0 radical (unpaired) electrons. The highest BCUT2D eigenvalue weighted by Crippen LogP contribution is 2.24. The minimum Gasteiger partial charge on any atom is -0.434 e. The number of rotatable bonds is 6. The van der Waals surface area contributed by atoms with Gasteiger partial charge < -0.3 is 20.1 Å². The van der Waals surface area contributed by atoms with E-state index >= 15 is 0 Å². The minimum absolute atomic E-state index is 0.200. The van der Waals surface area contributed by atoms with E-state index in [1.807, 2.05) is 0 Å². The van der Waals surface area contributed by atoms with Crippen molar-refractivity contribution in [2.45, 2.75) is 6.92 Å². The summed E-state index contributed by atoms with van der Waals surface area (Å²) in [7, 11) is 0. The van der Waals surface area contributed by atoms with Gasteiger partial charge in [0.1, 0.15) is 5.75 Å². The van der Waals surface area contributed by atoms with Gasteiger partial charge in [0.05, 0.1) is 28.6 Å². The van der Waals surface area contributed by atoms with Crippen molar-refractivity contribution in [1.82, 2.24) is 0 Å². The first kappa shape index (κ1) is 21.9. The molecule has 0 saturated heterocycles. The monoisotopic (exact) mass is 438 g/mol. The number of amides is 2. The van der Waals surface area contributed by atoms with Crippen LogP contribution in [0.3, 0.4) is 0 Å². The lowest BCUT2D eigenvalue weighted by molar-refractivity contribution is 0.101. The van der Waals surface area contributed by atoms with E-state index in [0.717, 1.165) is 0 Å². The lowest BCUT2D eigenvalue weighted by Gasteiger charge is -2.13. The molecule has 0 aliphatic carbocycles. The molecular formula is C23H19ClN2O5. The molecule has 3 aromatic rings. The first-order valence-electron chi connectivity index (χ1n) is 9.39. The van der Waals surface area contributed by atoms with Crippen molar-refractivity contribution in [2.75, 3.05) is 17.2 Å². The number of carbonyl (C=O) groups is 3. The van der Waals surface area contributed by atoms with Crippen molar-refractivity contribution >= 4 is 40.9 Å². The Morgan fingerprint density at radius 2 is 1.39 bits per heavy atom. The number of benzene rings is 3. The number of hydrogen-bond donors (Lipinski definition) is 2. The van der Waals surface area contributed by atoms with Gasteiger partial charge in [-0.2, -0.15) is 0 Å². The SMILES string of the molecule is CCOC(=O)Oc1ccc(C(=O)Nc2ccccc2NC(=O)c2ccccc2Cl)cc1. The van der Waals surface area contributed by atoms with Crippen LogP contribution in [-0.2, 0) is 4.74 Å². The molecule has 0 heterocycles. The van der Waals surface area contributed by atoms with Crippen LogP contribution in [0.4, 0.5) is 16.2 Å². The second-order valence-corrected chi connectivity index (χ2v) is 6.65. The Kier molecular flexibility index (Phi) is 7.24. The van der Waals surface area contributed by atoms with E-state index in [9.17, 15) is 14.4 Å². The van der Waals surface area contributed by atoms with Crippen molar-refractivity contribution in [2.24, 2.45) is 0 Å². The van der Waals surface area contributed by atoms with Gasteiger partial charge in [-0.15, -0.1) is 0 Å². The molecule has 0 fully saturated rings. The molecule has 0 unspecified atom stereocenters. The first-order valence-corrected chi connectivity index (χ1v) is 9.76. The van der Waals surface area contributed by atoms with Gasteiger partial charge in [-0.05, 0) is 55.5 Å². The van der Waals surface area contributed by atoms with Crippen LogP contribution in [0.25, 0.3) is 0 Å². The van der Waals surface area contributed by atoms with Crippen molar-refractivity contribution in [3.8, 4) is 5.75 Å². The minimum atomic E-state index is -0.817. The normalized spacial score (nSPS) is 10.1. The second-order valence-electron chi connectivity index (χ2n) is 6.24. The summed E-state index contributed by atoms with van der Waals surface area (Å²) in [6.07, 6.45) is -0.817. The largest absolute Gasteiger partial charge is 0.513 e. The molecule has 0 atom stereocenters. The maximum absolute atomic E-state index is 12.6. The summed E-state index contributed by atoms with van der Waals surface area (Å²) in [5.41, 5.74) is 1.49. The van der Waals surface area contributed by atoms with E-state index in [4.69, 9.17) is 21.1 Å². The lowest BCUT2D eigenvalue weighted by atomic mass is 10.1. The molecule has 0 spiro atoms. The molecule has 2 N–H and O–H groups in total. The van der Waals surface area contributed by atoms with Crippen LogP contribution in [-0.4, -0.2) is 24.6 Å². The van der Waals surface area contributed by atoms with Gasteiger partial charge in [-0.1, -0.05) is 35.9 Å². The maximum Gasteiger partial charge on any atom is 0.513 e. The summed E-state index contributed by atoms with van der Waals surface area (Å²) in [6.45, 7) is 1.87. The van der Waals surface area contributed by atoms with E-state index in [0.29, 0.717) is 27.5 Å². The summed E-state index contributed by atoms with van der Waals surface area (Å²) >= 11 is 6.08. The van der Waals surface area contributed by atoms with Crippen LogP contribution in [0.5, 0.6) is 5.75 Å². The van der Waals surface area contributed by atoms with Gasteiger partial charge in [0.2, 0.25) is 0 Å². The highest BCUT2D eigenvalue weighted by molar-refractivity contribution is 6.34. The zero-order valence-electron chi connectivity index (χ0n) is 16.6. The Labute approximate surface area is 183 Å². The molecule has 2 amide bonds. The van der Waals surface area contributed by atoms with Crippen molar-refractivity contribution in [3.05, 3.63) is 88.9 Å². The maximum atomic E-state index is 12.6. The predicted octanol–water partition coefficient (Wildman–Crippen LogP) is 5.38. The smallest absolute Gasteiger partial charge is 0.434 e. The topological polar surface area (TPSA) is 93.7 Å². The average Bonchev–Trinajstić information content (AvgIpc) is 2.76. The van der Waals surface area contributed by atoms with E-state index in [1.165, 1.54) is 24.3 Å².